The minimum atomic E-state index is 0.00280. The summed E-state index contributed by atoms with van der Waals surface area (Å²) in [6.07, 6.45) is 4.49. The van der Waals surface area contributed by atoms with Gasteiger partial charge in [0.15, 0.2) is 5.65 Å². The van der Waals surface area contributed by atoms with Gasteiger partial charge in [-0.25, -0.2) is 4.52 Å². The molecule has 0 aliphatic heterocycles. The van der Waals surface area contributed by atoms with E-state index in [4.69, 9.17) is 4.79 Å². The average Bonchev–Trinajstić information content (AvgIpc) is 3.59. The van der Waals surface area contributed by atoms with Crippen LogP contribution in [0.4, 0.5) is 5.95 Å². The van der Waals surface area contributed by atoms with Crippen LogP contribution >= 0.6 is 0 Å². The molecule has 1 amide bonds. The van der Waals surface area contributed by atoms with Gasteiger partial charge in [0.05, 0.1) is 5.69 Å². The fourth-order valence-corrected chi connectivity index (χ4v) is 3.60. The molecule has 4 rings (SSSR count). The number of carbonyl (C=O) groups is 3. The minimum absolute atomic E-state index is 0.00280. The lowest BCUT2D eigenvalue weighted by Crippen LogP contribution is -2.25. The lowest BCUT2D eigenvalue weighted by Gasteiger charge is -2.20. The number of pyridine rings is 1. The zero-order chi connectivity index (χ0) is 22.9. The van der Waals surface area contributed by atoms with E-state index in [0.29, 0.717) is 18.0 Å². The molecule has 0 spiro atoms. The van der Waals surface area contributed by atoms with E-state index >= 15 is 0 Å². The van der Waals surface area contributed by atoms with Gasteiger partial charge in [-0.1, -0.05) is 37.3 Å². The summed E-state index contributed by atoms with van der Waals surface area (Å²) in [4.78, 5) is 37.5. The van der Waals surface area contributed by atoms with Gasteiger partial charge >= 0.3 is 0 Å². The third-order valence-electron chi connectivity index (χ3n) is 5.30. The van der Waals surface area contributed by atoms with Crippen LogP contribution in [0.15, 0.2) is 42.5 Å². The fraction of sp³-hybridized carbons (Fsp3) is 0.375. The summed E-state index contributed by atoms with van der Waals surface area (Å²) < 4.78 is 1.77. The van der Waals surface area contributed by atoms with Gasteiger partial charge in [0.25, 0.3) is 0 Å². The molecule has 32 heavy (non-hydrogen) atoms. The van der Waals surface area contributed by atoms with Gasteiger partial charge in [-0.05, 0) is 43.5 Å². The Hall–Kier alpha value is -3.39. The molecule has 0 radical (unpaired) electrons. The van der Waals surface area contributed by atoms with Gasteiger partial charge in [0.2, 0.25) is 11.9 Å². The average molecular weight is 436 g/mol. The minimum Gasteiger partial charge on any atom is -0.307 e. The van der Waals surface area contributed by atoms with Crippen molar-refractivity contribution >= 4 is 30.6 Å². The van der Waals surface area contributed by atoms with Crippen molar-refractivity contribution in [2.75, 3.05) is 18.4 Å². The van der Waals surface area contributed by atoms with Crippen LogP contribution < -0.4 is 5.32 Å². The van der Waals surface area contributed by atoms with Gasteiger partial charge in [0.1, 0.15) is 13.1 Å². The molecule has 1 fully saturated rings. The maximum atomic E-state index is 12.0. The number of hydrogen-bond acceptors (Lipinski definition) is 6. The SMILES string of the molecule is C=O.CCCN(CCC=O)Cc1ccc(-c2cccc3nc(NC(=O)C4CC4)nn23)cc1. The highest BCUT2D eigenvalue weighted by Crippen LogP contribution is 2.30. The molecule has 1 aliphatic carbocycles. The van der Waals surface area contributed by atoms with Crippen molar-refractivity contribution in [3.05, 3.63) is 48.0 Å². The maximum absolute atomic E-state index is 12.0. The fourth-order valence-electron chi connectivity index (χ4n) is 3.60. The number of rotatable bonds is 10. The van der Waals surface area contributed by atoms with E-state index in [9.17, 15) is 9.59 Å². The van der Waals surface area contributed by atoms with Gasteiger partial charge in [0, 0.05) is 31.0 Å². The Morgan fingerprint density at radius 2 is 1.94 bits per heavy atom. The van der Waals surface area contributed by atoms with E-state index in [2.05, 4.69) is 51.5 Å². The van der Waals surface area contributed by atoms with Crippen LogP contribution in [-0.2, 0) is 20.9 Å². The number of hydrogen-bond donors (Lipinski definition) is 1. The predicted molar refractivity (Wildman–Crippen MR) is 123 cm³/mol. The molecule has 2 heterocycles. The van der Waals surface area contributed by atoms with Gasteiger partial charge in [-0.15, -0.1) is 5.10 Å². The van der Waals surface area contributed by atoms with E-state index in [0.717, 1.165) is 56.4 Å². The first-order chi connectivity index (χ1) is 15.7. The Balaban J connectivity index is 0.00000141. The van der Waals surface area contributed by atoms with E-state index < -0.39 is 0 Å². The van der Waals surface area contributed by atoms with Crippen molar-refractivity contribution in [1.82, 2.24) is 19.5 Å². The molecular formula is C24H29N5O3. The van der Waals surface area contributed by atoms with E-state index in [-0.39, 0.29) is 11.8 Å². The van der Waals surface area contributed by atoms with E-state index in [1.165, 1.54) is 5.56 Å². The molecular weight excluding hydrogens is 406 g/mol. The summed E-state index contributed by atoms with van der Waals surface area (Å²) in [7, 11) is 0. The highest BCUT2D eigenvalue weighted by atomic mass is 16.2. The third-order valence-corrected chi connectivity index (χ3v) is 5.30. The first-order valence-corrected chi connectivity index (χ1v) is 10.9. The highest BCUT2D eigenvalue weighted by molar-refractivity contribution is 5.92. The lowest BCUT2D eigenvalue weighted by molar-refractivity contribution is -0.117. The highest BCUT2D eigenvalue weighted by Gasteiger charge is 2.30. The molecule has 0 bridgehead atoms. The Morgan fingerprint density at radius 1 is 1.19 bits per heavy atom. The van der Waals surface area contributed by atoms with Crippen LogP contribution in [0.1, 0.15) is 38.2 Å². The monoisotopic (exact) mass is 435 g/mol. The Morgan fingerprint density at radius 3 is 2.59 bits per heavy atom. The number of nitrogens with zero attached hydrogens (tertiary/aromatic N) is 4. The van der Waals surface area contributed by atoms with Crippen LogP contribution in [0.3, 0.4) is 0 Å². The number of nitrogens with one attached hydrogen (secondary N) is 1. The second kappa shape index (κ2) is 11.3. The zero-order valence-corrected chi connectivity index (χ0v) is 18.4. The molecule has 2 aromatic heterocycles. The topological polar surface area (TPSA) is 96.7 Å². The number of amides is 1. The number of fused-ring (bicyclic) bond motifs is 1. The number of aromatic nitrogens is 3. The van der Waals surface area contributed by atoms with E-state index in [1.54, 1.807) is 4.52 Å². The van der Waals surface area contributed by atoms with Crippen molar-refractivity contribution < 1.29 is 14.4 Å². The summed E-state index contributed by atoms with van der Waals surface area (Å²) in [6, 6.07) is 14.2. The standard InChI is InChI=1S/C23H27N5O2.CH2O/c1-2-13-27(14-4-15-29)16-17-7-9-18(10-8-17)20-5-3-6-21-24-23(26-28(20)21)25-22(30)19-11-12-19;1-2/h3,5-10,15,19H,2,4,11-14,16H2,1H3,(H,25,26,30);1H2. The lowest BCUT2D eigenvalue weighted by atomic mass is 10.1. The Kier molecular flexibility index (Phi) is 8.21. The predicted octanol–water partition coefficient (Wildman–Crippen LogP) is 3.36. The molecule has 0 atom stereocenters. The van der Waals surface area contributed by atoms with Crippen LogP contribution in [-0.4, -0.2) is 51.6 Å². The maximum Gasteiger partial charge on any atom is 0.249 e. The Bertz CT molecular complexity index is 1040. The second-order valence-corrected chi connectivity index (χ2v) is 7.81. The molecule has 1 N–H and O–H groups in total. The molecule has 0 unspecified atom stereocenters. The molecule has 0 saturated heterocycles. The molecule has 3 aromatic rings. The summed E-state index contributed by atoms with van der Waals surface area (Å²) in [5.41, 5.74) is 3.86. The van der Waals surface area contributed by atoms with Gasteiger partial charge in [-0.3, -0.25) is 15.0 Å². The summed E-state index contributed by atoms with van der Waals surface area (Å²) in [6.45, 7) is 6.74. The smallest absolute Gasteiger partial charge is 0.249 e. The molecule has 8 nitrogen and oxygen atoms in total. The molecule has 1 aliphatic rings. The summed E-state index contributed by atoms with van der Waals surface area (Å²) >= 11 is 0. The van der Waals surface area contributed by atoms with E-state index in [1.807, 2.05) is 25.0 Å². The van der Waals surface area contributed by atoms with Crippen molar-refractivity contribution in [2.24, 2.45) is 5.92 Å². The summed E-state index contributed by atoms with van der Waals surface area (Å²) in [5.74, 6) is 0.465. The van der Waals surface area contributed by atoms with Crippen LogP contribution in [0.5, 0.6) is 0 Å². The van der Waals surface area contributed by atoms with Gasteiger partial charge < -0.3 is 9.59 Å². The normalized spacial score (nSPS) is 12.9. The first-order valence-electron chi connectivity index (χ1n) is 10.9. The number of aldehydes is 1. The largest absolute Gasteiger partial charge is 0.307 e. The second-order valence-electron chi connectivity index (χ2n) is 7.81. The molecule has 168 valence electrons. The molecule has 1 aromatic carbocycles. The molecule has 8 heteroatoms. The van der Waals surface area contributed by atoms with Crippen molar-refractivity contribution in [3.8, 4) is 11.3 Å². The van der Waals surface area contributed by atoms with Crippen LogP contribution in [0, 0.1) is 5.92 Å². The van der Waals surface area contributed by atoms with Crippen molar-refractivity contribution in [3.63, 3.8) is 0 Å². The third kappa shape index (κ3) is 5.85. The number of anilines is 1. The first kappa shape index (κ1) is 23.3. The molecule has 1 saturated carbocycles. The van der Waals surface area contributed by atoms with Crippen molar-refractivity contribution in [2.45, 2.75) is 39.2 Å². The number of benzene rings is 1. The van der Waals surface area contributed by atoms with Crippen molar-refractivity contribution in [1.29, 1.82) is 0 Å². The zero-order valence-electron chi connectivity index (χ0n) is 18.4. The van der Waals surface area contributed by atoms with Crippen LogP contribution in [0.2, 0.25) is 0 Å². The number of carbonyl (C=O) groups excluding carboxylic acids is 3. The quantitative estimate of drug-likeness (QED) is 0.491. The Labute approximate surface area is 187 Å². The van der Waals surface area contributed by atoms with Gasteiger partial charge in [-0.2, -0.15) is 4.98 Å². The summed E-state index contributed by atoms with van der Waals surface area (Å²) in [5, 5.41) is 7.32. The van der Waals surface area contributed by atoms with Crippen LogP contribution in [0.25, 0.3) is 16.9 Å².